The Labute approximate surface area is 149 Å². The normalized spacial score (nSPS) is 16.7. The zero-order chi connectivity index (χ0) is 17.8. The van der Waals surface area contributed by atoms with Gasteiger partial charge in [0, 0.05) is 28.8 Å². The number of para-hydroxylation sites is 1. The molecule has 7 heteroatoms. The number of anilines is 1. The molecule has 0 unspecified atom stereocenters. The molecule has 0 saturated carbocycles. The first-order valence-corrected chi connectivity index (χ1v) is 8.86. The number of ether oxygens (including phenoxy) is 1. The van der Waals surface area contributed by atoms with Crippen LogP contribution in [0.15, 0.2) is 53.4 Å². The van der Waals surface area contributed by atoms with E-state index in [1.165, 1.54) is 24.3 Å². The van der Waals surface area contributed by atoms with Crippen LogP contribution in [0.1, 0.15) is 13.3 Å². The van der Waals surface area contributed by atoms with Crippen LogP contribution in [-0.4, -0.2) is 29.2 Å². The number of fused-ring (bicyclic) bond motifs is 1. The van der Waals surface area contributed by atoms with Crippen LogP contribution in [0, 0.1) is 10.1 Å². The molecule has 2 aromatic rings. The standard InChI is InChI=1S/C18H18N2O4S/c1-13-10-11-19(16-4-2-3-5-17(16)25-13)18(21)12-24-15-8-6-14(7-9-15)20(22)23/h2-9,13H,10-12H2,1H3/t13-/m0/s1. The van der Waals surface area contributed by atoms with E-state index in [0.29, 0.717) is 17.5 Å². The van der Waals surface area contributed by atoms with E-state index in [1.54, 1.807) is 16.7 Å². The van der Waals surface area contributed by atoms with Gasteiger partial charge in [0.25, 0.3) is 11.6 Å². The third kappa shape index (κ3) is 4.11. The van der Waals surface area contributed by atoms with Gasteiger partial charge in [-0.05, 0) is 30.7 Å². The van der Waals surface area contributed by atoms with Crippen LogP contribution < -0.4 is 9.64 Å². The van der Waals surface area contributed by atoms with Crippen LogP contribution in [0.25, 0.3) is 0 Å². The molecule has 2 aromatic carbocycles. The Morgan fingerprint density at radius 1 is 1.28 bits per heavy atom. The van der Waals surface area contributed by atoms with Gasteiger partial charge < -0.3 is 9.64 Å². The fraction of sp³-hybridized carbons (Fsp3) is 0.278. The van der Waals surface area contributed by atoms with Crippen LogP contribution in [0.2, 0.25) is 0 Å². The first-order valence-electron chi connectivity index (χ1n) is 7.98. The maximum atomic E-state index is 12.7. The number of hydrogen-bond acceptors (Lipinski definition) is 5. The van der Waals surface area contributed by atoms with Gasteiger partial charge in [-0.15, -0.1) is 11.8 Å². The SMILES string of the molecule is C[C@H]1CCN(C(=O)COc2ccc([N+](=O)[O-])cc2)c2ccccc2S1. The molecule has 0 N–H and O–H groups in total. The minimum absolute atomic E-state index is 0.00821. The third-order valence-electron chi connectivity index (χ3n) is 3.95. The molecular formula is C18H18N2O4S. The summed E-state index contributed by atoms with van der Waals surface area (Å²) in [5.41, 5.74) is 0.903. The van der Waals surface area contributed by atoms with Gasteiger partial charge in [-0.2, -0.15) is 0 Å². The lowest BCUT2D eigenvalue weighted by molar-refractivity contribution is -0.384. The molecule has 25 heavy (non-hydrogen) atoms. The number of nitro benzene ring substituents is 1. The monoisotopic (exact) mass is 358 g/mol. The summed E-state index contributed by atoms with van der Waals surface area (Å²) < 4.78 is 5.52. The van der Waals surface area contributed by atoms with Crippen molar-refractivity contribution < 1.29 is 14.5 Å². The van der Waals surface area contributed by atoms with E-state index in [0.717, 1.165) is 17.0 Å². The Morgan fingerprint density at radius 3 is 2.72 bits per heavy atom. The van der Waals surface area contributed by atoms with Crippen LogP contribution in [-0.2, 0) is 4.79 Å². The zero-order valence-electron chi connectivity index (χ0n) is 13.8. The van der Waals surface area contributed by atoms with E-state index in [2.05, 4.69) is 6.92 Å². The largest absolute Gasteiger partial charge is 0.484 e. The second-order valence-electron chi connectivity index (χ2n) is 5.77. The lowest BCUT2D eigenvalue weighted by Crippen LogP contribution is -2.36. The van der Waals surface area contributed by atoms with Crippen molar-refractivity contribution in [1.29, 1.82) is 0 Å². The molecule has 3 rings (SSSR count). The average molecular weight is 358 g/mol. The third-order valence-corrected chi connectivity index (χ3v) is 5.19. The number of benzene rings is 2. The molecule has 0 radical (unpaired) electrons. The number of amides is 1. The van der Waals surface area contributed by atoms with Gasteiger partial charge >= 0.3 is 0 Å². The van der Waals surface area contributed by atoms with E-state index < -0.39 is 4.92 Å². The number of hydrogen-bond donors (Lipinski definition) is 0. The van der Waals surface area contributed by atoms with Gasteiger partial charge in [0.15, 0.2) is 6.61 Å². The number of carbonyl (C=O) groups is 1. The first-order chi connectivity index (χ1) is 12.0. The minimum atomic E-state index is -0.470. The van der Waals surface area contributed by atoms with Crippen molar-refractivity contribution in [3.8, 4) is 5.75 Å². The molecule has 1 heterocycles. The van der Waals surface area contributed by atoms with Crippen LogP contribution >= 0.6 is 11.8 Å². The predicted octanol–water partition coefficient (Wildman–Crippen LogP) is 3.89. The summed E-state index contributed by atoms with van der Waals surface area (Å²) in [7, 11) is 0. The highest BCUT2D eigenvalue weighted by atomic mass is 32.2. The Morgan fingerprint density at radius 2 is 2.00 bits per heavy atom. The Bertz CT molecular complexity index is 779. The number of thioether (sulfide) groups is 1. The highest BCUT2D eigenvalue weighted by Gasteiger charge is 2.24. The number of non-ortho nitro benzene ring substituents is 1. The van der Waals surface area contributed by atoms with E-state index >= 15 is 0 Å². The summed E-state index contributed by atoms with van der Waals surface area (Å²) in [5.74, 6) is 0.310. The van der Waals surface area contributed by atoms with Crippen molar-refractivity contribution in [1.82, 2.24) is 0 Å². The fourth-order valence-corrected chi connectivity index (χ4v) is 3.75. The van der Waals surface area contributed by atoms with E-state index in [9.17, 15) is 14.9 Å². The first kappa shape index (κ1) is 17.3. The van der Waals surface area contributed by atoms with Crippen molar-refractivity contribution >= 4 is 29.0 Å². The van der Waals surface area contributed by atoms with Crippen molar-refractivity contribution in [3.63, 3.8) is 0 Å². The van der Waals surface area contributed by atoms with E-state index in [-0.39, 0.29) is 18.2 Å². The summed E-state index contributed by atoms with van der Waals surface area (Å²) >= 11 is 1.77. The Kier molecular flexibility index (Phi) is 5.23. The van der Waals surface area contributed by atoms with Crippen molar-refractivity contribution in [2.75, 3.05) is 18.1 Å². The Hall–Kier alpha value is -2.54. The summed E-state index contributed by atoms with van der Waals surface area (Å²) in [4.78, 5) is 25.7. The lowest BCUT2D eigenvalue weighted by atomic mass is 10.2. The molecule has 0 aliphatic carbocycles. The smallest absolute Gasteiger partial charge is 0.269 e. The highest BCUT2D eigenvalue weighted by Crippen LogP contribution is 2.37. The van der Waals surface area contributed by atoms with Crippen LogP contribution in [0.4, 0.5) is 11.4 Å². The average Bonchev–Trinajstić information content (AvgIpc) is 2.78. The number of nitrogens with zero attached hydrogens (tertiary/aromatic N) is 2. The minimum Gasteiger partial charge on any atom is -0.484 e. The second-order valence-corrected chi connectivity index (χ2v) is 7.25. The van der Waals surface area contributed by atoms with Crippen molar-refractivity contribution in [2.45, 2.75) is 23.5 Å². The predicted molar refractivity (Wildman–Crippen MR) is 97.3 cm³/mol. The summed E-state index contributed by atoms with van der Waals surface area (Å²) in [6.45, 7) is 2.70. The van der Waals surface area contributed by atoms with Gasteiger partial charge in [0.2, 0.25) is 0 Å². The van der Waals surface area contributed by atoms with Gasteiger partial charge in [0.05, 0.1) is 10.6 Å². The summed E-state index contributed by atoms with van der Waals surface area (Å²) in [5, 5.41) is 11.1. The molecule has 6 nitrogen and oxygen atoms in total. The van der Waals surface area contributed by atoms with Crippen LogP contribution in [0.3, 0.4) is 0 Å². The van der Waals surface area contributed by atoms with Crippen molar-refractivity contribution in [3.05, 3.63) is 58.6 Å². The van der Waals surface area contributed by atoms with Gasteiger partial charge in [-0.25, -0.2) is 0 Å². The van der Waals surface area contributed by atoms with Gasteiger partial charge in [0.1, 0.15) is 5.75 Å². The molecule has 0 fully saturated rings. The molecule has 0 aromatic heterocycles. The zero-order valence-corrected chi connectivity index (χ0v) is 14.6. The number of carbonyl (C=O) groups excluding carboxylic acids is 1. The second kappa shape index (κ2) is 7.57. The van der Waals surface area contributed by atoms with Crippen LogP contribution in [0.5, 0.6) is 5.75 Å². The highest BCUT2D eigenvalue weighted by molar-refractivity contribution is 8.00. The van der Waals surface area contributed by atoms with Gasteiger partial charge in [-0.1, -0.05) is 19.1 Å². The maximum Gasteiger partial charge on any atom is 0.269 e. The summed E-state index contributed by atoms with van der Waals surface area (Å²) in [6, 6.07) is 13.6. The number of rotatable bonds is 4. The quantitative estimate of drug-likeness (QED) is 0.612. The topological polar surface area (TPSA) is 72.7 Å². The molecule has 0 spiro atoms. The molecular weight excluding hydrogens is 340 g/mol. The molecule has 0 saturated heterocycles. The Balaban J connectivity index is 1.69. The summed E-state index contributed by atoms with van der Waals surface area (Å²) in [6.07, 6.45) is 0.905. The lowest BCUT2D eigenvalue weighted by Gasteiger charge is -2.22. The number of nitro groups is 1. The van der Waals surface area contributed by atoms with E-state index in [4.69, 9.17) is 4.74 Å². The molecule has 130 valence electrons. The molecule has 1 aliphatic heterocycles. The molecule has 1 amide bonds. The van der Waals surface area contributed by atoms with Gasteiger partial charge in [-0.3, -0.25) is 14.9 Å². The molecule has 1 atom stereocenters. The van der Waals surface area contributed by atoms with E-state index in [1.807, 2.05) is 24.3 Å². The molecule has 0 bridgehead atoms. The maximum absolute atomic E-state index is 12.7. The van der Waals surface area contributed by atoms with Crippen molar-refractivity contribution in [2.24, 2.45) is 0 Å². The fourth-order valence-electron chi connectivity index (χ4n) is 2.63. The molecule has 1 aliphatic rings.